The Kier molecular flexibility index (Phi) is 6.47. The molecule has 3 aromatic carbocycles. The van der Waals surface area contributed by atoms with Crippen molar-refractivity contribution in [1.82, 2.24) is 4.90 Å². The molecule has 1 saturated heterocycles. The molecule has 1 amide bonds. The molecule has 0 radical (unpaired) electrons. The van der Waals surface area contributed by atoms with Gasteiger partial charge in [-0.1, -0.05) is 59.8 Å². The number of hydrogen-bond acceptors (Lipinski definition) is 5. The lowest BCUT2D eigenvalue weighted by atomic mass is 10.1. The zero-order valence-electron chi connectivity index (χ0n) is 19.2. The van der Waals surface area contributed by atoms with Gasteiger partial charge in [-0.05, 0) is 79.1 Å². The van der Waals surface area contributed by atoms with Crippen molar-refractivity contribution >= 4 is 57.6 Å². The van der Waals surface area contributed by atoms with E-state index in [1.54, 1.807) is 11.8 Å². The Morgan fingerprint density at radius 3 is 2.50 bits per heavy atom. The topological polar surface area (TPSA) is 35.9 Å². The van der Waals surface area contributed by atoms with Crippen LogP contribution in [0, 0.1) is 13.8 Å². The minimum Gasteiger partial charge on any atom is -0.337 e. The molecule has 2 heterocycles. The molecule has 0 bridgehead atoms. The van der Waals surface area contributed by atoms with Crippen molar-refractivity contribution in [3.05, 3.63) is 98.4 Å². The summed E-state index contributed by atoms with van der Waals surface area (Å²) >= 11 is 9.29. The highest BCUT2D eigenvalue weighted by Crippen LogP contribution is 2.50. The normalized spacial score (nSPS) is 18.8. The number of amides is 1. The minimum absolute atomic E-state index is 0.00299. The number of nitrogens with zero attached hydrogens (tertiary/aromatic N) is 3. The summed E-state index contributed by atoms with van der Waals surface area (Å²) < 4.78 is 0. The van der Waals surface area contributed by atoms with Crippen molar-refractivity contribution in [2.24, 2.45) is 4.99 Å². The Labute approximate surface area is 213 Å². The molecule has 0 atom stereocenters. The molecule has 4 nitrogen and oxygen atoms in total. The number of benzene rings is 3. The molecule has 0 aliphatic carbocycles. The lowest BCUT2D eigenvalue weighted by Crippen LogP contribution is -2.31. The lowest BCUT2D eigenvalue weighted by molar-refractivity contribution is -0.122. The summed E-state index contributed by atoms with van der Waals surface area (Å²) in [6.45, 7) is 4.74. The summed E-state index contributed by atoms with van der Waals surface area (Å²) in [5, 5.41) is 2.32. The summed E-state index contributed by atoms with van der Waals surface area (Å²) in [6.07, 6.45) is 0.764. The van der Waals surface area contributed by atoms with Crippen LogP contribution in [0.5, 0.6) is 0 Å². The first kappa shape index (κ1) is 23.1. The van der Waals surface area contributed by atoms with Crippen LogP contribution in [0.2, 0.25) is 5.02 Å². The van der Waals surface area contributed by atoms with Crippen LogP contribution < -0.4 is 4.90 Å². The van der Waals surface area contributed by atoms with E-state index in [2.05, 4.69) is 43.0 Å². The highest BCUT2D eigenvalue weighted by molar-refractivity contribution is 8.19. The molecule has 3 aromatic rings. The Morgan fingerprint density at radius 1 is 0.941 bits per heavy atom. The Bertz CT molecular complexity index is 1340. The van der Waals surface area contributed by atoms with Crippen molar-refractivity contribution in [2.75, 3.05) is 18.5 Å². The zero-order valence-corrected chi connectivity index (χ0v) is 21.6. The first-order valence-electron chi connectivity index (χ1n) is 11.1. The predicted octanol–water partition coefficient (Wildman–Crippen LogP) is 7.17. The third-order valence-electron chi connectivity index (χ3n) is 6.03. The molecule has 2 aliphatic rings. The maximum absolute atomic E-state index is 13.7. The number of halogens is 1. The van der Waals surface area contributed by atoms with E-state index in [9.17, 15) is 4.79 Å². The largest absolute Gasteiger partial charge is 0.337 e. The van der Waals surface area contributed by atoms with Crippen molar-refractivity contribution < 1.29 is 4.79 Å². The number of aliphatic imine (C=N–C) groups is 1. The second-order valence-corrected chi connectivity index (χ2v) is 10.8. The number of rotatable bonds is 4. The molecule has 34 heavy (non-hydrogen) atoms. The molecular formula is C27H24ClN3OS2. The Balaban J connectivity index is 1.51. The summed E-state index contributed by atoms with van der Waals surface area (Å²) in [5.74, 6) is -0.00299. The quantitative estimate of drug-likeness (QED) is 0.352. The number of anilines is 1. The number of carbonyl (C=O) groups excluding carboxylic acids is 1. The van der Waals surface area contributed by atoms with E-state index in [0.29, 0.717) is 16.5 Å². The Morgan fingerprint density at radius 2 is 1.74 bits per heavy atom. The van der Waals surface area contributed by atoms with Gasteiger partial charge in [-0.2, -0.15) is 0 Å². The first-order chi connectivity index (χ1) is 16.4. The second kappa shape index (κ2) is 9.53. The first-order valence-corrected chi connectivity index (χ1v) is 13.1. The van der Waals surface area contributed by atoms with Crippen LogP contribution in [0.15, 0.2) is 86.6 Å². The summed E-state index contributed by atoms with van der Waals surface area (Å²) in [6, 6.07) is 22.2. The number of fused-ring (bicyclic) bond motifs is 1. The fraction of sp³-hybridized carbons (Fsp3) is 0.185. The van der Waals surface area contributed by atoms with Crippen LogP contribution in [0.3, 0.4) is 0 Å². The average molecular weight is 506 g/mol. The number of aryl methyl sites for hydroxylation is 2. The molecule has 5 rings (SSSR count). The standard InChI is InChI=1S/C27H24ClN3OS2/c1-17-9-11-21(15-18(17)2)29-27-31(14-13-19-7-5-4-6-8-19)25(32)24(34-27)26-30(3)22-16-20(28)10-12-23(22)33-26/h4-12,15-16H,13-14H2,1-3H3/b26-24-,29-27?. The van der Waals surface area contributed by atoms with E-state index in [0.717, 1.165) is 32.9 Å². The maximum Gasteiger partial charge on any atom is 0.269 e. The summed E-state index contributed by atoms with van der Waals surface area (Å²) in [7, 11) is 1.98. The molecule has 0 N–H and O–H groups in total. The fourth-order valence-corrected chi connectivity index (χ4v) is 6.44. The SMILES string of the molecule is Cc1ccc(N=C2S/C(=C3\Sc4ccc(Cl)cc4N3C)C(=O)N2CCc2ccccc2)cc1C. The molecule has 172 valence electrons. The predicted molar refractivity (Wildman–Crippen MR) is 145 cm³/mol. The van der Waals surface area contributed by atoms with Crippen molar-refractivity contribution in [3.8, 4) is 0 Å². The van der Waals surface area contributed by atoms with E-state index < -0.39 is 0 Å². The fourth-order valence-electron chi connectivity index (χ4n) is 3.93. The van der Waals surface area contributed by atoms with Crippen molar-refractivity contribution in [2.45, 2.75) is 25.2 Å². The molecule has 7 heteroatoms. The molecule has 1 fully saturated rings. The zero-order chi connectivity index (χ0) is 23.8. The van der Waals surface area contributed by atoms with E-state index >= 15 is 0 Å². The summed E-state index contributed by atoms with van der Waals surface area (Å²) in [4.78, 5) is 24.3. The van der Waals surface area contributed by atoms with Crippen LogP contribution in [0.25, 0.3) is 0 Å². The highest BCUT2D eigenvalue weighted by Gasteiger charge is 2.39. The maximum atomic E-state index is 13.7. The molecule has 0 spiro atoms. The smallest absolute Gasteiger partial charge is 0.269 e. The molecule has 2 aliphatic heterocycles. The van der Waals surface area contributed by atoms with E-state index in [1.807, 2.05) is 54.4 Å². The van der Waals surface area contributed by atoms with E-state index in [1.165, 1.54) is 28.5 Å². The minimum atomic E-state index is -0.00299. The number of carbonyl (C=O) groups is 1. The van der Waals surface area contributed by atoms with Crippen LogP contribution >= 0.6 is 35.1 Å². The van der Waals surface area contributed by atoms with Crippen LogP contribution in [0.1, 0.15) is 16.7 Å². The van der Waals surface area contributed by atoms with Gasteiger partial charge in [0.15, 0.2) is 5.17 Å². The lowest BCUT2D eigenvalue weighted by Gasteiger charge is -2.17. The van der Waals surface area contributed by atoms with Gasteiger partial charge in [0, 0.05) is 23.5 Å². The van der Waals surface area contributed by atoms with Gasteiger partial charge in [0.1, 0.15) is 4.91 Å². The van der Waals surface area contributed by atoms with Crippen LogP contribution in [-0.2, 0) is 11.2 Å². The highest BCUT2D eigenvalue weighted by atomic mass is 35.5. The molecule has 0 aromatic heterocycles. The van der Waals surface area contributed by atoms with Gasteiger partial charge in [-0.25, -0.2) is 4.99 Å². The van der Waals surface area contributed by atoms with Crippen LogP contribution in [0.4, 0.5) is 11.4 Å². The number of thioether (sulfide) groups is 2. The van der Waals surface area contributed by atoms with Gasteiger partial charge < -0.3 is 4.90 Å². The van der Waals surface area contributed by atoms with Gasteiger partial charge in [0.05, 0.1) is 16.4 Å². The third kappa shape index (κ3) is 4.50. The monoisotopic (exact) mass is 505 g/mol. The molecule has 0 saturated carbocycles. The van der Waals surface area contributed by atoms with Gasteiger partial charge in [-0.15, -0.1) is 0 Å². The van der Waals surface area contributed by atoms with E-state index in [-0.39, 0.29) is 5.91 Å². The van der Waals surface area contributed by atoms with Gasteiger partial charge >= 0.3 is 0 Å². The van der Waals surface area contributed by atoms with Gasteiger partial charge in [0.2, 0.25) is 0 Å². The second-order valence-electron chi connectivity index (χ2n) is 8.36. The van der Waals surface area contributed by atoms with Gasteiger partial charge in [0.25, 0.3) is 5.91 Å². The van der Waals surface area contributed by atoms with Crippen molar-refractivity contribution in [3.63, 3.8) is 0 Å². The van der Waals surface area contributed by atoms with Crippen LogP contribution in [-0.4, -0.2) is 29.6 Å². The third-order valence-corrected chi connectivity index (χ3v) is 8.70. The number of amidine groups is 1. The average Bonchev–Trinajstić information content (AvgIpc) is 3.31. The summed E-state index contributed by atoms with van der Waals surface area (Å²) in [5.41, 5.74) is 5.48. The van der Waals surface area contributed by atoms with E-state index in [4.69, 9.17) is 16.6 Å². The van der Waals surface area contributed by atoms with Gasteiger partial charge in [-0.3, -0.25) is 9.69 Å². The van der Waals surface area contributed by atoms with Crippen molar-refractivity contribution in [1.29, 1.82) is 0 Å². The molecular weight excluding hydrogens is 482 g/mol. The molecule has 0 unspecified atom stereocenters. The number of hydrogen-bond donors (Lipinski definition) is 0. The Hall–Kier alpha value is -2.67.